The highest BCUT2D eigenvalue weighted by Gasteiger charge is 2.30. The molecule has 0 saturated carbocycles. The van der Waals surface area contributed by atoms with Crippen LogP contribution in [-0.2, 0) is 17.8 Å². The van der Waals surface area contributed by atoms with Crippen LogP contribution in [0.4, 0.5) is 18.3 Å². The number of nitrogens with zero attached hydrogens (tertiary/aromatic N) is 1. The molecule has 0 aliphatic carbocycles. The molecule has 0 fully saturated rings. The van der Waals surface area contributed by atoms with Crippen molar-refractivity contribution in [2.24, 2.45) is 0 Å². The van der Waals surface area contributed by atoms with E-state index in [1.165, 1.54) is 23.5 Å². The summed E-state index contributed by atoms with van der Waals surface area (Å²) in [6.07, 6.45) is -2.61. The fraction of sp³-hybridized carbons (Fsp3) is 0.200. The zero-order chi connectivity index (χ0) is 20.9. The Morgan fingerprint density at radius 3 is 2.59 bits per heavy atom. The van der Waals surface area contributed by atoms with Crippen LogP contribution in [0.3, 0.4) is 0 Å². The van der Waals surface area contributed by atoms with Crippen molar-refractivity contribution in [3.8, 4) is 5.75 Å². The van der Waals surface area contributed by atoms with Gasteiger partial charge in [0.25, 0.3) is 5.91 Å². The first-order valence-corrected chi connectivity index (χ1v) is 9.32. The number of carbonyl (C=O) groups is 1. The van der Waals surface area contributed by atoms with E-state index < -0.39 is 6.36 Å². The molecule has 3 aromatic rings. The Morgan fingerprint density at radius 1 is 1.14 bits per heavy atom. The van der Waals surface area contributed by atoms with E-state index in [1.54, 1.807) is 43.6 Å². The van der Waals surface area contributed by atoms with Gasteiger partial charge in [-0.1, -0.05) is 24.3 Å². The van der Waals surface area contributed by atoms with Crippen LogP contribution in [0.5, 0.6) is 5.75 Å². The summed E-state index contributed by atoms with van der Waals surface area (Å²) in [5.74, 6) is -0.549. The van der Waals surface area contributed by atoms with Crippen LogP contribution in [0.15, 0.2) is 54.7 Å². The van der Waals surface area contributed by atoms with Crippen LogP contribution < -0.4 is 10.1 Å². The summed E-state index contributed by atoms with van der Waals surface area (Å²) in [6, 6.07) is 12.7. The molecule has 1 aromatic heterocycles. The minimum absolute atomic E-state index is 0.269. The second-order valence-corrected chi connectivity index (χ2v) is 7.20. The molecule has 0 radical (unpaired) electrons. The Labute approximate surface area is 169 Å². The number of nitrogens with one attached hydrogen (secondary N) is 1. The SMILES string of the molecule is COCc1cccc(C(=O)Nc2ncc(Cc3ccc(OC(F)(F)F)cc3)s2)c1. The van der Waals surface area contributed by atoms with E-state index in [-0.39, 0.29) is 11.7 Å². The van der Waals surface area contributed by atoms with Crippen LogP contribution in [0.2, 0.25) is 0 Å². The maximum absolute atomic E-state index is 12.4. The summed E-state index contributed by atoms with van der Waals surface area (Å²) < 4.78 is 45.5. The second kappa shape index (κ2) is 9.06. The van der Waals surface area contributed by atoms with Gasteiger partial charge in [-0.15, -0.1) is 24.5 Å². The minimum Gasteiger partial charge on any atom is -0.406 e. The Bertz CT molecular complexity index is 972. The number of benzene rings is 2. The van der Waals surface area contributed by atoms with E-state index in [9.17, 15) is 18.0 Å². The summed E-state index contributed by atoms with van der Waals surface area (Å²) >= 11 is 1.30. The van der Waals surface area contributed by atoms with Gasteiger partial charge in [-0.2, -0.15) is 0 Å². The van der Waals surface area contributed by atoms with Crippen LogP contribution in [0, 0.1) is 0 Å². The number of hydrogen-bond donors (Lipinski definition) is 1. The summed E-state index contributed by atoms with van der Waals surface area (Å²) in [4.78, 5) is 17.4. The minimum atomic E-state index is -4.71. The van der Waals surface area contributed by atoms with E-state index >= 15 is 0 Å². The fourth-order valence-electron chi connectivity index (χ4n) is 2.60. The van der Waals surface area contributed by atoms with Crippen molar-refractivity contribution in [1.82, 2.24) is 4.98 Å². The molecule has 0 spiro atoms. The number of ether oxygens (including phenoxy) is 2. The maximum atomic E-state index is 12.4. The number of methoxy groups -OCH3 is 1. The van der Waals surface area contributed by atoms with Crippen molar-refractivity contribution in [1.29, 1.82) is 0 Å². The molecule has 0 bridgehead atoms. The molecule has 1 N–H and O–H groups in total. The first-order chi connectivity index (χ1) is 13.8. The van der Waals surface area contributed by atoms with Crippen molar-refractivity contribution < 1.29 is 27.4 Å². The predicted octanol–water partition coefficient (Wildman–Crippen LogP) is 5.03. The topological polar surface area (TPSA) is 60.5 Å². The number of hydrogen-bond acceptors (Lipinski definition) is 5. The van der Waals surface area contributed by atoms with E-state index in [0.29, 0.717) is 23.7 Å². The lowest BCUT2D eigenvalue weighted by Crippen LogP contribution is -2.17. The molecule has 1 amide bonds. The van der Waals surface area contributed by atoms with E-state index in [0.717, 1.165) is 16.0 Å². The molecule has 2 aromatic carbocycles. The Morgan fingerprint density at radius 2 is 1.90 bits per heavy atom. The number of rotatable bonds is 7. The largest absolute Gasteiger partial charge is 0.573 e. The first kappa shape index (κ1) is 20.8. The zero-order valence-corrected chi connectivity index (χ0v) is 16.1. The number of carbonyl (C=O) groups excluding carboxylic acids is 1. The Hall–Kier alpha value is -2.91. The molecule has 0 aliphatic rings. The van der Waals surface area contributed by atoms with Crippen LogP contribution in [0.25, 0.3) is 0 Å². The number of thiazole rings is 1. The van der Waals surface area contributed by atoms with Gasteiger partial charge in [0.1, 0.15) is 5.75 Å². The van der Waals surface area contributed by atoms with Gasteiger partial charge < -0.3 is 9.47 Å². The third kappa shape index (κ3) is 6.30. The van der Waals surface area contributed by atoms with Gasteiger partial charge in [-0.05, 0) is 35.4 Å². The number of alkyl halides is 3. The molecule has 3 rings (SSSR count). The average Bonchev–Trinajstić information content (AvgIpc) is 3.09. The highest BCUT2D eigenvalue weighted by Crippen LogP contribution is 2.25. The van der Waals surface area contributed by atoms with Gasteiger partial charge in [-0.3, -0.25) is 10.1 Å². The highest BCUT2D eigenvalue weighted by atomic mass is 32.1. The van der Waals surface area contributed by atoms with Gasteiger partial charge in [0, 0.05) is 30.2 Å². The molecule has 9 heteroatoms. The molecule has 0 atom stereocenters. The van der Waals surface area contributed by atoms with Crippen LogP contribution in [-0.4, -0.2) is 24.4 Å². The lowest BCUT2D eigenvalue weighted by molar-refractivity contribution is -0.274. The average molecular weight is 422 g/mol. The number of amides is 1. The summed E-state index contributed by atoms with van der Waals surface area (Å²) in [5, 5.41) is 3.19. The second-order valence-electron chi connectivity index (χ2n) is 6.09. The number of aromatic nitrogens is 1. The van der Waals surface area contributed by atoms with E-state index in [2.05, 4.69) is 15.0 Å². The summed E-state index contributed by atoms with van der Waals surface area (Å²) in [6.45, 7) is 0.412. The molecular weight excluding hydrogens is 405 g/mol. The molecule has 0 aliphatic heterocycles. The maximum Gasteiger partial charge on any atom is 0.573 e. The monoisotopic (exact) mass is 422 g/mol. The van der Waals surface area contributed by atoms with Crippen LogP contribution in [0.1, 0.15) is 26.4 Å². The van der Waals surface area contributed by atoms with E-state index in [1.807, 2.05) is 6.07 Å². The van der Waals surface area contributed by atoms with Gasteiger partial charge >= 0.3 is 6.36 Å². The number of halogens is 3. The van der Waals surface area contributed by atoms with E-state index in [4.69, 9.17) is 4.74 Å². The zero-order valence-electron chi connectivity index (χ0n) is 15.3. The first-order valence-electron chi connectivity index (χ1n) is 8.51. The summed E-state index contributed by atoms with van der Waals surface area (Å²) in [5.41, 5.74) is 2.18. The van der Waals surface area contributed by atoms with Crippen molar-refractivity contribution >= 4 is 22.4 Å². The normalized spacial score (nSPS) is 11.3. The highest BCUT2D eigenvalue weighted by molar-refractivity contribution is 7.15. The molecular formula is C20H17F3N2O3S. The fourth-order valence-corrected chi connectivity index (χ4v) is 3.44. The van der Waals surface area contributed by atoms with Crippen molar-refractivity contribution in [2.45, 2.75) is 19.4 Å². The third-order valence-corrected chi connectivity index (χ3v) is 4.72. The van der Waals surface area contributed by atoms with Gasteiger partial charge in [0.15, 0.2) is 5.13 Å². The van der Waals surface area contributed by atoms with Gasteiger partial charge in [0.2, 0.25) is 0 Å². The van der Waals surface area contributed by atoms with Gasteiger partial charge in [0.05, 0.1) is 6.61 Å². The van der Waals surface area contributed by atoms with Crippen LogP contribution >= 0.6 is 11.3 Å². The molecule has 1 heterocycles. The molecule has 29 heavy (non-hydrogen) atoms. The number of anilines is 1. The molecule has 0 saturated heterocycles. The van der Waals surface area contributed by atoms with Crippen molar-refractivity contribution in [3.05, 3.63) is 76.3 Å². The van der Waals surface area contributed by atoms with Crippen molar-refractivity contribution in [3.63, 3.8) is 0 Å². The molecule has 152 valence electrons. The lowest BCUT2D eigenvalue weighted by atomic mass is 10.1. The van der Waals surface area contributed by atoms with Crippen molar-refractivity contribution in [2.75, 3.05) is 12.4 Å². The van der Waals surface area contributed by atoms with Gasteiger partial charge in [-0.25, -0.2) is 4.98 Å². The molecule has 5 nitrogen and oxygen atoms in total. The standard InChI is InChI=1S/C20H17F3N2O3S/c1-27-12-14-3-2-4-15(9-14)18(26)25-19-24-11-17(29-19)10-13-5-7-16(8-6-13)28-20(21,22)23/h2-9,11H,10,12H2,1H3,(H,24,25,26). The third-order valence-electron chi connectivity index (χ3n) is 3.81. The summed E-state index contributed by atoms with van der Waals surface area (Å²) in [7, 11) is 1.58. The predicted molar refractivity (Wildman–Crippen MR) is 103 cm³/mol. The Kier molecular flexibility index (Phi) is 6.50. The quantitative estimate of drug-likeness (QED) is 0.580. The Balaban J connectivity index is 1.60. The lowest BCUT2D eigenvalue weighted by Gasteiger charge is -2.08. The smallest absolute Gasteiger partial charge is 0.406 e. The molecule has 0 unspecified atom stereocenters.